The van der Waals surface area contributed by atoms with Crippen molar-refractivity contribution in [3.05, 3.63) is 0 Å². The zero-order valence-corrected chi connectivity index (χ0v) is 16.9. The van der Waals surface area contributed by atoms with Crippen molar-refractivity contribution >= 4 is 29.9 Å². The molecule has 1 aliphatic heterocycles. The lowest BCUT2D eigenvalue weighted by atomic mass is 9.95. The number of hydrogen-bond donors (Lipinski definition) is 3. The molecule has 0 spiro atoms. The number of nitrogens with zero attached hydrogens (tertiary/aromatic N) is 1. The van der Waals surface area contributed by atoms with Gasteiger partial charge in [-0.25, -0.2) is 0 Å². The van der Waals surface area contributed by atoms with Gasteiger partial charge in [0.15, 0.2) is 5.96 Å². The smallest absolute Gasteiger partial charge is 0.191 e. The summed E-state index contributed by atoms with van der Waals surface area (Å²) in [5.41, 5.74) is -0.707. The highest BCUT2D eigenvalue weighted by atomic mass is 127. The van der Waals surface area contributed by atoms with E-state index in [1.807, 2.05) is 0 Å². The van der Waals surface area contributed by atoms with Crippen LogP contribution in [0.15, 0.2) is 4.99 Å². The van der Waals surface area contributed by atoms with Crippen molar-refractivity contribution in [2.75, 3.05) is 26.3 Å². The van der Waals surface area contributed by atoms with Crippen molar-refractivity contribution in [3.63, 3.8) is 0 Å². The third kappa shape index (κ3) is 9.15. The second kappa shape index (κ2) is 11.5. The van der Waals surface area contributed by atoms with E-state index < -0.39 is 5.60 Å². The Morgan fingerprint density at radius 2 is 1.86 bits per heavy atom. The molecule has 5 nitrogen and oxygen atoms in total. The molecular formula is C16H34IN3O2. The summed E-state index contributed by atoms with van der Waals surface area (Å²) in [5.74, 6) is 1.52. The van der Waals surface area contributed by atoms with Crippen molar-refractivity contribution in [2.24, 2.45) is 10.9 Å². The van der Waals surface area contributed by atoms with E-state index in [9.17, 15) is 5.11 Å². The molecule has 6 heteroatoms. The number of aliphatic hydroxyl groups is 1. The first-order valence-corrected chi connectivity index (χ1v) is 8.30. The summed E-state index contributed by atoms with van der Waals surface area (Å²) in [6, 6.07) is 0.384. The minimum Gasteiger partial charge on any atom is -0.388 e. The van der Waals surface area contributed by atoms with Crippen LogP contribution in [0, 0.1) is 5.92 Å². The molecule has 0 aromatic carbocycles. The number of nitrogens with one attached hydrogen (secondary N) is 2. The SMILES string of the molecule is CCNC(=NCC1(O)CCOCC1)NC(C)CCC(C)C.I. The lowest BCUT2D eigenvalue weighted by Crippen LogP contribution is -2.45. The van der Waals surface area contributed by atoms with Gasteiger partial charge in [-0.2, -0.15) is 0 Å². The summed E-state index contributed by atoms with van der Waals surface area (Å²) in [6.07, 6.45) is 3.66. The molecule has 0 bridgehead atoms. The highest BCUT2D eigenvalue weighted by Gasteiger charge is 2.29. The van der Waals surface area contributed by atoms with Crippen LogP contribution in [0.3, 0.4) is 0 Å². The zero-order valence-electron chi connectivity index (χ0n) is 14.5. The molecule has 22 heavy (non-hydrogen) atoms. The summed E-state index contributed by atoms with van der Waals surface area (Å²) in [7, 11) is 0. The van der Waals surface area contributed by atoms with Crippen LogP contribution in [0.4, 0.5) is 0 Å². The Hall–Kier alpha value is -0.0800. The van der Waals surface area contributed by atoms with Gasteiger partial charge < -0.3 is 20.5 Å². The van der Waals surface area contributed by atoms with E-state index in [1.165, 1.54) is 6.42 Å². The topological polar surface area (TPSA) is 65.9 Å². The van der Waals surface area contributed by atoms with Crippen molar-refractivity contribution in [1.82, 2.24) is 10.6 Å². The van der Waals surface area contributed by atoms with Gasteiger partial charge in [0.1, 0.15) is 0 Å². The zero-order chi connectivity index (χ0) is 15.7. The fraction of sp³-hybridized carbons (Fsp3) is 0.938. The number of aliphatic imine (C=N–C) groups is 1. The van der Waals surface area contributed by atoms with Crippen LogP contribution < -0.4 is 10.6 Å². The molecule has 1 rings (SSSR count). The summed E-state index contributed by atoms with van der Waals surface area (Å²) >= 11 is 0. The van der Waals surface area contributed by atoms with E-state index in [-0.39, 0.29) is 24.0 Å². The molecule has 1 unspecified atom stereocenters. The fourth-order valence-electron chi connectivity index (χ4n) is 2.34. The molecule has 0 saturated carbocycles. The molecule has 1 atom stereocenters. The second-order valence-electron chi connectivity index (χ2n) is 6.55. The quantitative estimate of drug-likeness (QED) is 0.332. The van der Waals surface area contributed by atoms with Crippen LogP contribution in [-0.4, -0.2) is 49.0 Å². The van der Waals surface area contributed by atoms with Gasteiger partial charge in [0.05, 0.1) is 12.1 Å². The molecule has 1 aliphatic rings. The lowest BCUT2D eigenvalue weighted by Gasteiger charge is -2.30. The van der Waals surface area contributed by atoms with E-state index in [2.05, 4.69) is 43.3 Å². The van der Waals surface area contributed by atoms with E-state index in [0.29, 0.717) is 38.6 Å². The normalized spacial score (nSPS) is 19.5. The third-order valence-corrected chi connectivity index (χ3v) is 3.86. The Bertz CT molecular complexity index is 319. The van der Waals surface area contributed by atoms with E-state index >= 15 is 0 Å². The van der Waals surface area contributed by atoms with Crippen molar-refractivity contribution in [2.45, 2.75) is 65.0 Å². The van der Waals surface area contributed by atoms with Crippen molar-refractivity contribution in [3.8, 4) is 0 Å². The minimum absolute atomic E-state index is 0. The van der Waals surface area contributed by atoms with E-state index in [4.69, 9.17) is 4.74 Å². The van der Waals surface area contributed by atoms with Gasteiger partial charge in [0.25, 0.3) is 0 Å². The number of hydrogen-bond acceptors (Lipinski definition) is 3. The van der Waals surface area contributed by atoms with Gasteiger partial charge in [-0.05, 0) is 32.6 Å². The van der Waals surface area contributed by atoms with Gasteiger partial charge >= 0.3 is 0 Å². The van der Waals surface area contributed by atoms with Gasteiger partial charge in [-0.1, -0.05) is 13.8 Å². The molecule has 0 radical (unpaired) electrons. The molecule has 1 saturated heterocycles. The molecular weight excluding hydrogens is 393 g/mol. The summed E-state index contributed by atoms with van der Waals surface area (Å²) in [6.45, 7) is 11.2. The Morgan fingerprint density at radius 1 is 1.23 bits per heavy atom. The number of guanidine groups is 1. The first-order valence-electron chi connectivity index (χ1n) is 8.30. The van der Waals surface area contributed by atoms with Crippen LogP contribution in [0.1, 0.15) is 53.4 Å². The molecule has 1 fully saturated rings. The van der Waals surface area contributed by atoms with Gasteiger partial charge in [-0.15, -0.1) is 24.0 Å². The van der Waals surface area contributed by atoms with Crippen LogP contribution in [-0.2, 0) is 4.74 Å². The Labute approximate surface area is 152 Å². The predicted octanol–water partition coefficient (Wildman–Crippen LogP) is 2.53. The van der Waals surface area contributed by atoms with Gasteiger partial charge in [0.2, 0.25) is 0 Å². The predicted molar refractivity (Wildman–Crippen MR) is 103 cm³/mol. The first kappa shape index (κ1) is 21.9. The highest BCUT2D eigenvalue weighted by Crippen LogP contribution is 2.20. The first-order chi connectivity index (χ1) is 9.95. The Morgan fingerprint density at radius 3 is 2.41 bits per heavy atom. The largest absolute Gasteiger partial charge is 0.388 e. The highest BCUT2D eigenvalue weighted by molar-refractivity contribution is 14.0. The summed E-state index contributed by atoms with van der Waals surface area (Å²) < 4.78 is 5.30. The van der Waals surface area contributed by atoms with Crippen LogP contribution in [0.5, 0.6) is 0 Å². The Balaban J connectivity index is 0.00000441. The van der Waals surface area contributed by atoms with Gasteiger partial charge in [-0.3, -0.25) is 4.99 Å². The lowest BCUT2D eigenvalue weighted by molar-refractivity contribution is -0.0566. The van der Waals surface area contributed by atoms with Crippen molar-refractivity contribution < 1.29 is 9.84 Å². The van der Waals surface area contributed by atoms with Gasteiger partial charge in [0, 0.05) is 38.6 Å². The summed E-state index contributed by atoms with van der Waals surface area (Å²) in [4.78, 5) is 4.56. The minimum atomic E-state index is -0.707. The third-order valence-electron chi connectivity index (χ3n) is 3.86. The van der Waals surface area contributed by atoms with Crippen LogP contribution in [0.25, 0.3) is 0 Å². The molecule has 132 valence electrons. The number of halogens is 1. The standard InChI is InChI=1S/C16H33N3O2.HI/c1-5-17-15(19-14(4)7-6-13(2)3)18-12-16(20)8-10-21-11-9-16;/h13-14,20H,5-12H2,1-4H3,(H2,17,18,19);1H. The maximum atomic E-state index is 10.5. The average molecular weight is 427 g/mol. The van der Waals surface area contributed by atoms with E-state index in [1.54, 1.807) is 0 Å². The molecule has 3 N–H and O–H groups in total. The van der Waals surface area contributed by atoms with Crippen LogP contribution in [0.2, 0.25) is 0 Å². The number of ether oxygens (including phenoxy) is 1. The molecule has 0 aromatic rings. The van der Waals surface area contributed by atoms with Crippen molar-refractivity contribution in [1.29, 1.82) is 0 Å². The fourth-order valence-corrected chi connectivity index (χ4v) is 2.34. The summed E-state index contributed by atoms with van der Waals surface area (Å²) in [5, 5.41) is 17.1. The monoisotopic (exact) mass is 427 g/mol. The van der Waals surface area contributed by atoms with Crippen LogP contribution >= 0.6 is 24.0 Å². The number of rotatable bonds is 7. The maximum Gasteiger partial charge on any atom is 0.191 e. The molecule has 0 amide bonds. The Kier molecular flexibility index (Phi) is 11.4. The second-order valence-corrected chi connectivity index (χ2v) is 6.55. The molecule has 0 aliphatic carbocycles. The molecule has 0 aromatic heterocycles. The van der Waals surface area contributed by atoms with E-state index in [0.717, 1.165) is 24.8 Å². The molecule has 1 heterocycles. The average Bonchev–Trinajstić information content (AvgIpc) is 2.44. The maximum absolute atomic E-state index is 10.5.